The molecule has 0 unspecified atom stereocenters. The molecule has 0 amide bonds. The van der Waals surface area contributed by atoms with Crippen molar-refractivity contribution >= 4 is 15.6 Å². The molecule has 0 rings (SSSR count). The Kier molecular flexibility index (Phi) is 10.3. The second kappa shape index (κ2) is 6.37. The summed E-state index contributed by atoms with van der Waals surface area (Å²) in [5.74, 6) is 0. The smallest absolute Gasteiger partial charge is 0.822 e. The van der Waals surface area contributed by atoms with Gasteiger partial charge in [0.25, 0.3) is 0 Å². The summed E-state index contributed by atoms with van der Waals surface area (Å²) in [7, 11) is -10.8. The third-order valence-electron chi connectivity index (χ3n) is 0. The van der Waals surface area contributed by atoms with Crippen LogP contribution >= 0.6 is 15.6 Å². The van der Waals surface area contributed by atoms with Crippen LogP contribution in [0.1, 0.15) is 0 Å². The molecule has 0 atom stereocenters. The van der Waals surface area contributed by atoms with E-state index in [0.717, 1.165) is 0 Å². The summed E-state index contributed by atoms with van der Waals surface area (Å²) in [6, 6.07) is 0. The Morgan fingerprint density at radius 2 is 0.636 bits per heavy atom. The summed E-state index contributed by atoms with van der Waals surface area (Å²) in [5, 5.41) is 0. The number of rotatable bonds is 0. The quantitative estimate of drug-likeness (QED) is 0.304. The summed E-state index contributed by atoms with van der Waals surface area (Å²) in [5.41, 5.74) is 0. The van der Waals surface area contributed by atoms with E-state index in [2.05, 4.69) is 0 Å². The van der Waals surface area contributed by atoms with E-state index in [-0.39, 0.29) is 19.5 Å². The van der Waals surface area contributed by atoms with E-state index >= 15 is 0 Å². The Balaban J connectivity index is -0.000000107. The SMILES string of the molecule is O=P([O-])([O-])[O-].O=P([O-])([O-])[O-].[Zn+2]. The summed E-state index contributed by atoms with van der Waals surface area (Å²) in [6.07, 6.45) is 0. The van der Waals surface area contributed by atoms with E-state index in [1.165, 1.54) is 0 Å². The molecule has 0 aromatic carbocycles. The zero-order valence-corrected chi connectivity index (χ0v) is 9.62. The van der Waals surface area contributed by atoms with Crippen molar-refractivity contribution in [2.45, 2.75) is 0 Å². The van der Waals surface area contributed by atoms with Crippen LogP contribution in [0.5, 0.6) is 0 Å². The van der Waals surface area contributed by atoms with Crippen molar-refractivity contribution in [1.82, 2.24) is 0 Å². The molecule has 0 aliphatic carbocycles. The van der Waals surface area contributed by atoms with Crippen LogP contribution in [-0.4, -0.2) is 0 Å². The molecule has 0 heterocycles. The maximum Gasteiger partial charge on any atom is 2.00 e. The third kappa shape index (κ3) is 1190. The molecule has 0 aliphatic rings. The van der Waals surface area contributed by atoms with Crippen molar-refractivity contribution in [2.24, 2.45) is 0 Å². The Hall–Kier alpha value is 0.843. The molecule has 0 radical (unpaired) electrons. The van der Waals surface area contributed by atoms with Crippen molar-refractivity contribution < 1.29 is 58.0 Å². The molecular weight excluding hydrogens is 255 g/mol. The van der Waals surface area contributed by atoms with Crippen LogP contribution in [0.25, 0.3) is 0 Å². The zero-order chi connectivity index (χ0) is 9.00. The minimum atomic E-state index is -5.39. The molecule has 0 aromatic rings. The Labute approximate surface area is 74.1 Å². The third-order valence-corrected chi connectivity index (χ3v) is 0. The first-order valence-corrected chi connectivity index (χ1v) is 4.38. The van der Waals surface area contributed by atoms with Crippen LogP contribution in [0.15, 0.2) is 0 Å². The summed E-state index contributed by atoms with van der Waals surface area (Å²) >= 11 is 0. The fourth-order valence-corrected chi connectivity index (χ4v) is 0. The zero-order valence-electron chi connectivity index (χ0n) is 4.87. The molecule has 0 saturated heterocycles. The van der Waals surface area contributed by atoms with Crippen molar-refractivity contribution in [3.05, 3.63) is 0 Å². The van der Waals surface area contributed by atoms with Gasteiger partial charge in [-0.1, -0.05) is 0 Å². The maximum absolute atomic E-state index is 8.55. The van der Waals surface area contributed by atoms with Gasteiger partial charge in [0.15, 0.2) is 0 Å². The number of phosphoric acid groups is 2. The molecule has 0 saturated carbocycles. The second-order valence-corrected chi connectivity index (χ2v) is 2.68. The van der Waals surface area contributed by atoms with Gasteiger partial charge >= 0.3 is 19.5 Å². The van der Waals surface area contributed by atoms with Crippen LogP contribution in [0, 0.1) is 0 Å². The first kappa shape index (κ1) is 17.8. The number of hydrogen-bond donors (Lipinski definition) is 0. The van der Waals surface area contributed by atoms with Gasteiger partial charge < -0.3 is 38.5 Å². The number of hydrogen-bond acceptors (Lipinski definition) is 8. The average molecular weight is 255 g/mol. The summed E-state index contributed by atoms with van der Waals surface area (Å²) in [4.78, 5) is 51.3. The largest absolute Gasteiger partial charge is 2.00 e. The Bertz CT molecular complexity index is 124. The van der Waals surface area contributed by atoms with Crippen molar-refractivity contribution in [1.29, 1.82) is 0 Å². The van der Waals surface area contributed by atoms with Gasteiger partial charge in [0.2, 0.25) is 0 Å². The summed E-state index contributed by atoms with van der Waals surface area (Å²) in [6.45, 7) is 0. The Morgan fingerprint density at radius 3 is 0.636 bits per heavy atom. The second-order valence-electron chi connectivity index (χ2n) is 0.894. The molecule has 8 nitrogen and oxygen atoms in total. The van der Waals surface area contributed by atoms with Gasteiger partial charge in [-0.15, -0.1) is 0 Å². The molecule has 0 N–H and O–H groups in total. The van der Waals surface area contributed by atoms with Crippen LogP contribution < -0.4 is 29.4 Å². The van der Waals surface area contributed by atoms with Gasteiger partial charge in [0.1, 0.15) is 0 Å². The van der Waals surface area contributed by atoms with Crippen molar-refractivity contribution in [2.75, 3.05) is 0 Å². The average Bonchev–Trinajstić information content (AvgIpc) is 1.12. The van der Waals surface area contributed by atoms with E-state index in [0.29, 0.717) is 0 Å². The molecule has 11 heteroatoms. The van der Waals surface area contributed by atoms with Crippen LogP contribution in [0.2, 0.25) is 0 Å². The van der Waals surface area contributed by atoms with E-state index in [1.54, 1.807) is 0 Å². The molecule has 64 valence electrons. The predicted octanol–water partition coefficient (Wildman–Crippen LogP) is -5.65. The predicted molar refractivity (Wildman–Crippen MR) is 15.2 cm³/mol. The topological polar surface area (TPSA) is 172 Å². The van der Waals surface area contributed by atoms with Crippen LogP contribution in [-0.2, 0) is 28.6 Å². The fraction of sp³-hybridized carbons (Fsp3) is 0. The van der Waals surface area contributed by atoms with Gasteiger partial charge in [0, 0.05) is 0 Å². The minimum absolute atomic E-state index is 0. The molecular formula is O8P2Zn-4. The van der Waals surface area contributed by atoms with Gasteiger partial charge in [0.05, 0.1) is 0 Å². The minimum Gasteiger partial charge on any atom is -0.822 e. The molecule has 0 fully saturated rings. The van der Waals surface area contributed by atoms with Gasteiger partial charge in [-0.2, -0.15) is 15.6 Å². The van der Waals surface area contributed by atoms with Gasteiger partial charge in [-0.3, -0.25) is 0 Å². The van der Waals surface area contributed by atoms with E-state index in [9.17, 15) is 0 Å². The molecule has 0 aliphatic heterocycles. The van der Waals surface area contributed by atoms with Crippen LogP contribution in [0.3, 0.4) is 0 Å². The monoisotopic (exact) mass is 254 g/mol. The Morgan fingerprint density at radius 1 is 0.636 bits per heavy atom. The van der Waals surface area contributed by atoms with Gasteiger partial charge in [-0.25, -0.2) is 0 Å². The maximum atomic E-state index is 8.55. The first-order chi connectivity index (χ1) is 4.00. The fourth-order valence-electron chi connectivity index (χ4n) is 0. The van der Waals surface area contributed by atoms with E-state index in [1.807, 2.05) is 0 Å². The van der Waals surface area contributed by atoms with Crippen LogP contribution in [0.4, 0.5) is 0 Å². The molecule has 0 aromatic heterocycles. The van der Waals surface area contributed by atoms with E-state index < -0.39 is 15.6 Å². The van der Waals surface area contributed by atoms with E-state index in [4.69, 9.17) is 38.5 Å². The molecule has 0 spiro atoms. The molecule has 11 heavy (non-hydrogen) atoms. The molecule has 0 bridgehead atoms. The first-order valence-electron chi connectivity index (χ1n) is 1.46. The standard InChI is InChI=1S/2H3O4P.Zn/c2*1-5(2,3)4;/h2*(H3,1,2,3,4);/q;;+2/p-6. The van der Waals surface area contributed by atoms with Gasteiger partial charge in [-0.05, 0) is 0 Å². The summed E-state index contributed by atoms with van der Waals surface area (Å²) < 4.78 is 17.1. The van der Waals surface area contributed by atoms with Crippen molar-refractivity contribution in [3.8, 4) is 0 Å². The van der Waals surface area contributed by atoms with Crippen molar-refractivity contribution in [3.63, 3.8) is 0 Å². The normalized spacial score (nSPS) is 10.7.